The summed E-state index contributed by atoms with van der Waals surface area (Å²) < 4.78 is 11.0. The van der Waals surface area contributed by atoms with Crippen molar-refractivity contribution >= 4 is 0 Å². The molecule has 0 radical (unpaired) electrons. The van der Waals surface area contributed by atoms with Gasteiger partial charge in [-0.25, -0.2) is 0 Å². The van der Waals surface area contributed by atoms with Gasteiger partial charge in [0, 0.05) is 26.2 Å². The van der Waals surface area contributed by atoms with Gasteiger partial charge in [0.1, 0.15) is 0 Å². The van der Waals surface area contributed by atoms with E-state index in [4.69, 9.17) is 9.47 Å². The zero-order valence-corrected chi connectivity index (χ0v) is 11.1. The summed E-state index contributed by atoms with van der Waals surface area (Å²) in [5.41, 5.74) is 0. The lowest BCUT2D eigenvalue weighted by Gasteiger charge is -2.32. The van der Waals surface area contributed by atoms with Gasteiger partial charge in [-0.2, -0.15) is 0 Å². The maximum Gasteiger partial charge on any atom is 0.0704 e. The zero-order valence-electron chi connectivity index (χ0n) is 11.1. The highest BCUT2D eigenvalue weighted by molar-refractivity contribution is 4.73. The van der Waals surface area contributed by atoms with Gasteiger partial charge >= 0.3 is 0 Å². The van der Waals surface area contributed by atoms with Gasteiger partial charge in [0.15, 0.2) is 0 Å². The summed E-state index contributed by atoms with van der Waals surface area (Å²) in [7, 11) is 0. The van der Waals surface area contributed by atoms with Crippen LogP contribution in [0.1, 0.15) is 33.6 Å². The molecule has 0 aromatic heterocycles. The molecular weight excluding hydrogens is 202 g/mol. The number of piperidine rings is 1. The van der Waals surface area contributed by atoms with Crippen molar-refractivity contribution < 1.29 is 9.47 Å². The molecule has 96 valence electrons. The van der Waals surface area contributed by atoms with E-state index in [9.17, 15) is 0 Å². The Morgan fingerprint density at radius 3 is 2.44 bits per heavy atom. The number of ether oxygens (including phenoxy) is 2. The van der Waals surface area contributed by atoms with E-state index >= 15 is 0 Å². The largest absolute Gasteiger partial charge is 0.379 e. The summed E-state index contributed by atoms with van der Waals surface area (Å²) in [4.78, 5) is 2.55. The Bertz CT molecular complexity index is 165. The molecule has 0 N–H and O–H groups in total. The van der Waals surface area contributed by atoms with Crippen molar-refractivity contribution in [2.45, 2.75) is 39.7 Å². The smallest absolute Gasteiger partial charge is 0.0704 e. The molecule has 1 rings (SSSR count). The van der Waals surface area contributed by atoms with E-state index in [1.165, 1.54) is 32.5 Å². The third kappa shape index (κ3) is 5.83. The first-order valence-corrected chi connectivity index (χ1v) is 6.64. The van der Waals surface area contributed by atoms with Crippen LogP contribution in [-0.4, -0.2) is 50.5 Å². The molecule has 0 saturated carbocycles. The Hall–Kier alpha value is -0.120. The Morgan fingerprint density at radius 2 is 1.88 bits per heavy atom. The van der Waals surface area contributed by atoms with Crippen LogP contribution in [0.3, 0.4) is 0 Å². The number of hydrogen-bond acceptors (Lipinski definition) is 3. The molecule has 0 atom stereocenters. The highest BCUT2D eigenvalue weighted by Gasteiger charge is 2.19. The summed E-state index contributed by atoms with van der Waals surface area (Å²) in [6.45, 7) is 12.5. The summed E-state index contributed by atoms with van der Waals surface area (Å²) in [5, 5.41) is 0. The maximum absolute atomic E-state index is 5.79. The van der Waals surface area contributed by atoms with Crippen LogP contribution in [0.15, 0.2) is 0 Å². The lowest BCUT2D eigenvalue weighted by molar-refractivity contribution is -0.0218. The van der Waals surface area contributed by atoms with E-state index in [0.29, 0.717) is 6.10 Å². The van der Waals surface area contributed by atoms with Crippen molar-refractivity contribution in [2.24, 2.45) is 5.92 Å². The van der Waals surface area contributed by atoms with Gasteiger partial charge in [0.05, 0.1) is 19.3 Å². The second-order valence-electron chi connectivity index (χ2n) is 4.96. The van der Waals surface area contributed by atoms with E-state index in [2.05, 4.69) is 18.7 Å². The number of hydrogen-bond donors (Lipinski definition) is 0. The highest BCUT2D eigenvalue weighted by atomic mass is 16.5. The summed E-state index contributed by atoms with van der Waals surface area (Å²) >= 11 is 0. The van der Waals surface area contributed by atoms with Crippen molar-refractivity contribution in [2.75, 3.05) is 39.5 Å². The van der Waals surface area contributed by atoms with Crippen LogP contribution in [0.25, 0.3) is 0 Å². The van der Waals surface area contributed by atoms with Crippen LogP contribution < -0.4 is 0 Å². The highest BCUT2D eigenvalue weighted by Crippen LogP contribution is 2.14. The minimum Gasteiger partial charge on any atom is -0.379 e. The molecule has 0 bridgehead atoms. The first kappa shape index (κ1) is 13.9. The fourth-order valence-corrected chi connectivity index (χ4v) is 2.19. The van der Waals surface area contributed by atoms with Crippen LogP contribution in [0.5, 0.6) is 0 Å². The quantitative estimate of drug-likeness (QED) is 0.624. The fraction of sp³-hybridized carbons (Fsp3) is 1.00. The third-order valence-electron chi connectivity index (χ3n) is 2.94. The van der Waals surface area contributed by atoms with Crippen LogP contribution >= 0.6 is 0 Å². The van der Waals surface area contributed by atoms with Crippen molar-refractivity contribution in [3.8, 4) is 0 Å². The molecule has 16 heavy (non-hydrogen) atoms. The molecule has 3 nitrogen and oxygen atoms in total. The number of rotatable bonds is 7. The Kier molecular flexibility index (Phi) is 7.01. The van der Waals surface area contributed by atoms with Gasteiger partial charge in [0.25, 0.3) is 0 Å². The lowest BCUT2D eigenvalue weighted by atomic mass is 10.1. The summed E-state index contributed by atoms with van der Waals surface area (Å²) in [6.07, 6.45) is 2.82. The molecule has 0 spiro atoms. The molecule has 1 aliphatic heterocycles. The molecule has 0 amide bonds. The Balaban J connectivity index is 2.03. The van der Waals surface area contributed by atoms with Crippen LogP contribution in [0.2, 0.25) is 0 Å². The molecule has 0 unspecified atom stereocenters. The average molecular weight is 229 g/mol. The normalized spacial score (nSPS) is 19.5. The molecule has 1 aliphatic rings. The van der Waals surface area contributed by atoms with E-state index < -0.39 is 0 Å². The first-order valence-electron chi connectivity index (χ1n) is 6.64. The molecular formula is C13H27NO2. The molecule has 0 aromatic carbocycles. The first-order chi connectivity index (χ1) is 7.72. The molecule has 0 aromatic rings. The topological polar surface area (TPSA) is 21.7 Å². The lowest BCUT2D eigenvalue weighted by Crippen LogP contribution is -2.39. The van der Waals surface area contributed by atoms with Gasteiger partial charge in [-0.3, -0.25) is 0 Å². The summed E-state index contributed by atoms with van der Waals surface area (Å²) in [6, 6.07) is 0. The zero-order chi connectivity index (χ0) is 11.8. The van der Waals surface area contributed by atoms with Gasteiger partial charge in [-0.15, -0.1) is 0 Å². The van der Waals surface area contributed by atoms with Crippen molar-refractivity contribution in [1.29, 1.82) is 0 Å². The van der Waals surface area contributed by atoms with Gasteiger partial charge in [0.2, 0.25) is 0 Å². The average Bonchev–Trinajstić information content (AvgIpc) is 2.26. The van der Waals surface area contributed by atoms with E-state index in [-0.39, 0.29) is 0 Å². The van der Waals surface area contributed by atoms with Gasteiger partial charge in [-0.05, 0) is 25.7 Å². The maximum atomic E-state index is 5.79. The van der Waals surface area contributed by atoms with Crippen molar-refractivity contribution in [3.63, 3.8) is 0 Å². The van der Waals surface area contributed by atoms with Gasteiger partial charge < -0.3 is 14.4 Å². The monoisotopic (exact) mass is 229 g/mol. The van der Waals surface area contributed by atoms with E-state index in [0.717, 1.165) is 25.7 Å². The molecule has 0 aliphatic carbocycles. The molecule has 1 fully saturated rings. The predicted octanol–water partition coefficient (Wildman–Crippen LogP) is 2.16. The molecule has 1 heterocycles. The predicted molar refractivity (Wildman–Crippen MR) is 66.7 cm³/mol. The minimum absolute atomic E-state index is 0.462. The minimum atomic E-state index is 0.462. The number of likely N-dealkylation sites (tertiary alicyclic amines) is 1. The standard InChI is InChI=1S/C13H27NO2/c1-4-15-9-10-16-13-5-7-14(8-6-13)11-12(2)3/h12-13H,4-11H2,1-3H3. The SMILES string of the molecule is CCOCCOC1CCN(CC(C)C)CC1. The molecule has 3 heteroatoms. The molecule has 1 saturated heterocycles. The van der Waals surface area contributed by atoms with Crippen LogP contribution in [0, 0.1) is 5.92 Å². The fourth-order valence-electron chi connectivity index (χ4n) is 2.19. The van der Waals surface area contributed by atoms with Gasteiger partial charge in [-0.1, -0.05) is 13.8 Å². The van der Waals surface area contributed by atoms with Crippen molar-refractivity contribution in [3.05, 3.63) is 0 Å². The van der Waals surface area contributed by atoms with Crippen molar-refractivity contribution in [1.82, 2.24) is 4.90 Å². The Morgan fingerprint density at radius 1 is 1.19 bits per heavy atom. The second-order valence-corrected chi connectivity index (χ2v) is 4.96. The summed E-state index contributed by atoms with van der Waals surface area (Å²) in [5.74, 6) is 0.774. The van der Waals surface area contributed by atoms with Crippen LogP contribution in [-0.2, 0) is 9.47 Å². The Labute approximate surface area is 100 Å². The second kappa shape index (κ2) is 8.04. The van der Waals surface area contributed by atoms with Crippen LogP contribution in [0.4, 0.5) is 0 Å². The van der Waals surface area contributed by atoms with E-state index in [1.54, 1.807) is 0 Å². The number of nitrogens with zero attached hydrogens (tertiary/aromatic N) is 1. The van der Waals surface area contributed by atoms with E-state index in [1.807, 2.05) is 6.92 Å². The third-order valence-corrected chi connectivity index (χ3v) is 2.94.